The second-order valence-electron chi connectivity index (χ2n) is 3.49. The Morgan fingerprint density at radius 2 is 2.11 bits per heavy atom. The van der Waals surface area contributed by atoms with Crippen molar-refractivity contribution in [2.45, 2.75) is 6.92 Å². The fourth-order valence-electron chi connectivity index (χ4n) is 1.34. The average Bonchev–Trinajstić information content (AvgIpc) is 2.37. The molecular formula is C12H15BrN2O3. The van der Waals surface area contributed by atoms with E-state index in [1.807, 2.05) is 6.92 Å². The van der Waals surface area contributed by atoms with Gasteiger partial charge < -0.3 is 15.4 Å². The van der Waals surface area contributed by atoms with Gasteiger partial charge in [0.1, 0.15) is 0 Å². The summed E-state index contributed by atoms with van der Waals surface area (Å²) in [6, 6.07) is 5.14. The first kappa shape index (κ1) is 14.5. The summed E-state index contributed by atoms with van der Waals surface area (Å²) < 4.78 is 5.31. The Morgan fingerprint density at radius 3 is 2.72 bits per heavy atom. The number of likely N-dealkylation sites (N-methyl/N-ethyl adjacent to an activating group) is 1. The lowest BCUT2D eigenvalue weighted by atomic mass is 10.2. The molecule has 2 N–H and O–H groups in total. The summed E-state index contributed by atoms with van der Waals surface area (Å²) in [4.78, 5) is 22.8. The molecule has 0 aliphatic carbocycles. The van der Waals surface area contributed by atoms with Gasteiger partial charge >= 0.3 is 5.97 Å². The Hall–Kier alpha value is -1.56. The molecule has 18 heavy (non-hydrogen) atoms. The van der Waals surface area contributed by atoms with Crippen LogP contribution < -0.4 is 10.6 Å². The number of carbonyl (C=O) groups excluding carboxylic acids is 2. The summed E-state index contributed by atoms with van der Waals surface area (Å²) >= 11 is 3.27. The first-order chi connectivity index (χ1) is 8.58. The molecule has 0 aromatic heterocycles. The van der Waals surface area contributed by atoms with Crippen LogP contribution in [0.4, 0.5) is 5.69 Å². The Kier molecular flexibility index (Phi) is 5.64. The van der Waals surface area contributed by atoms with Gasteiger partial charge in [0.25, 0.3) is 0 Å². The number of amides is 1. The predicted molar refractivity (Wildman–Crippen MR) is 72.7 cm³/mol. The Labute approximate surface area is 114 Å². The predicted octanol–water partition coefficient (Wildman–Crippen LogP) is 1.78. The second kappa shape index (κ2) is 7.00. The van der Waals surface area contributed by atoms with Crippen LogP contribution in [-0.4, -0.2) is 32.1 Å². The van der Waals surface area contributed by atoms with Crippen molar-refractivity contribution in [2.24, 2.45) is 0 Å². The van der Waals surface area contributed by atoms with E-state index >= 15 is 0 Å². The van der Waals surface area contributed by atoms with Crippen LogP contribution in [0.15, 0.2) is 22.7 Å². The van der Waals surface area contributed by atoms with Crippen LogP contribution in [0.3, 0.4) is 0 Å². The van der Waals surface area contributed by atoms with Crippen LogP contribution in [0.2, 0.25) is 0 Å². The molecule has 0 heterocycles. The first-order valence-electron chi connectivity index (χ1n) is 5.47. The highest BCUT2D eigenvalue weighted by atomic mass is 79.9. The zero-order valence-electron chi connectivity index (χ0n) is 10.2. The van der Waals surface area contributed by atoms with Crippen LogP contribution in [0.25, 0.3) is 0 Å². The minimum Gasteiger partial charge on any atom is -0.465 e. The Morgan fingerprint density at radius 1 is 1.39 bits per heavy atom. The molecule has 0 fully saturated rings. The summed E-state index contributed by atoms with van der Waals surface area (Å²) in [6.07, 6.45) is 0. The molecular weight excluding hydrogens is 300 g/mol. The van der Waals surface area contributed by atoms with E-state index in [0.29, 0.717) is 22.3 Å². The zero-order valence-corrected chi connectivity index (χ0v) is 11.8. The smallest absolute Gasteiger partial charge is 0.339 e. The van der Waals surface area contributed by atoms with Gasteiger partial charge in [-0.1, -0.05) is 0 Å². The molecule has 1 aromatic carbocycles. The van der Waals surface area contributed by atoms with Crippen molar-refractivity contribution in [3.05, 3.63) is 28.2 Å². The summed E-state index contributed by atoms with van der Waals surface area (Å²) in [5, 5.41) is 5.61. The van der Waals surface area contributed by atoms with Gasteiger partial charge in [0.2, 0.25) is 5.91 Å². The summed E-state index contributed by atoms with van der Waals surface area (Å²) in [5.41, 5.74) is 1.10. The maximum atomic E-state index is 11.5. The number of hydrogen-bond acceptors (Lipinski definition) is 4. The van der Waals surface area contributed by atoms with Gasteiger partial charge in [0.15, 0.2) is 0 Å². The van der Waals surface area contributed by atoms with Gasteiger partial charge in [0.05, 0.1) is 19.2 Å². The van der Waals surface area contributed by atoms with Crippen LogP contribution in [0.5, 0.6) is 0 Å². The van der Waals surface area contributed by atoms with Crippen molar-refractivity contribution in [1.29, 1.82) is 0 Å². The SMILES string of the molecule is CCNC(=O)CNc1ccc(Br)c(C(=O)OC)c1. The maximum absolute atomic E-state index is 11.5. The lowest BCUT2D eigenvalue weighted by Crippen LogP contribution is -2.29. The molecule has 98 valence electrons. The quantitative estimate of drug-likeness (QED) is 0.813. The van der Waals surface area contributed by atoms with Crippen LogP contribution in [0.1, 0.15) is 17.3 Å². The third-order valence-electron chi connectivity index (χ3n) is 2.20. The number of halogens is 1. The molecule has 0 saturated carbocycles. The lowest BCUT2D eigenvalue weighted by molar-refractivity contribution is -0.119. The van der Waals surface area contributed by atoms with E-state index < -0.39 is 5.97 Å². The van der Waals surface area contributed by atoms with Gasteiger partial charge in [-0.05, 0) is 41.1 Å². The number of esters is 1. The number of carbonyl (C=O) groups is 2. The zero-order chi connectivity index (χ0) is 13.5. The van der Waals surface area contributed by atoms with Gasteiger partial charge in [-0.3, -0.25) is 4.79 Å². The van der Waals surface area contributed by atoms with E-state index in [2.05, 4.69) is 31.3 Å². The van der Waals surface area contributed by atoms with E-state index in [1.165, 1.54) is 7.11 Å². The van der Waals surface area contributed by atoms with Crippen LogP contribution in [-0.2, 0) is 9.53 Å². The second-order valence-corrected chi connectivity index (χ2v) is 4.35. The van der Waals surface area contributed by atoms with E-state index in [1.54, 1.807) is 18.2 Å². The number of nitrogens with one attached hydrogen (secondary N) is 2. The molecule has 0 unspecified atom stereocenters. The van der Waals surface area contributed by atoms with Crippen LogP contribution in [0, 0.1) is 0 Å². The average molecular weight is 315 g/mol. The minimum atomic E-state index is -0.427. The number of benzene rings is 1. The highest BCUT2D eigenvalue weighted by Crippen LogP contribution is 2.21. The van der Waals surface area contributed by atoms with Crippen molar-refractivity contribution in [3.8, 4) is 0 Å². The van der Waals surface area contributed by atoms with Gasteiger partial charge in [-0.15, -0.1) is 0 Å². The summed E-state index contributed by atoms with van der Waals surface area (Å²) in [7, 11) is 1.32. The molecule has 0 aliphatic heterocycles. The molecule has 1 amide bonds. The van der Waals surface area contributed by atoms with Crippen molar-refractivity contribution in [2.75, 3.05) is 25.5 Å². The molecule has 0 spiro atoms. The van der Waals surface area contributed by atoms with E-state index in [9.17, 15) is 9.59 Å². The van der Waals surface area contributed by atoms with Crippen molar-refractivity contribution < 1.29 is 14.3 Å². The summed E-state index contributed by atoms with van der Waals surface area (Å²) in [6.45, 7) is 2.61. The number of rotatable bonds is 5. The third kappa shape index (κ3) is 4.03. The van der Waals surface area contributed by atoms with E-state index in [4.69, 9.17) is 0 Å². The topological polar surface area (TPSA) is 67.4 Å². The largest absolute Gasteiger partial charge is 0.465 e. The molecule has 0 atom stereocenters. The van der Waals surface area contributed by atoms with Gasteiger partial charge in [-0.2, -0.15) is 0 Å². The molecule has 1 aromatic rings. The molecule has 6 heteroatoms. The lowest BCUT2D eigenvalue weighted by Gasteiger charge is -2.09. The fourth-order valence-corrected chi connectivity index (χ4v) is 1.75. The normalized spacial score (nSPS) is 9.72. The molecule has 5 nitrogen and oxygen atoms in total. The van der Waals surface area contributed by atoms with Gasteiger partial charge in [-0.25, -0.2) is 4.79 Å². The molecule has 0 radical (unpaired) electrons. The van der Waals surface area contributed by atoms with Crippen molar-refractivity contribution >= 4 is 33.5 Å². The minimum absolute atomic E-state index is 0.0972. The number of hydrogen-bond donors (Lipinski definition) is 2. The van der Waals surface area contributed by atoms with E-state index in [-0.39, 0.29) is 12.5 Å². The first-order valence-corrected chi connectivity index (χ1v) is 6.26. The number of methoxy groups -OCH3 is 1. The van der Waals surface area contributed by atoms with E-state index in [0.717, 1.165) is 0 Å². The highest BCUT2D eigenvalue weighted by Gasteiger charge is 2.11. The molecule has 0 saturated heterocycles. The van der Waals surface area contributed by atoms with Gasteiger partial charge in [0, 0.05) is 16.7 Å². The molecule has 0 bridgehead atoms. The van der Waals surface area contributed by atoms with Crippen molar-refractivity contribution in [3.63, 3.8) is 0 Å². The third-order valence-corrected chi connectivity index (χ3v) is 2.89. The molecule has 1 rings (SSSR count). The fraction of sp³-hybridized carbons (Fsp3) is 0.333. The van der Waals surface area contributed by atoms with Crippen LogP contribution >= 0.6 is 15.9 Å². The molecule has 0 aliphatic rings. The summed E-state index contributed by atoms with van der Waals surface area (Å²) in [5.74, 6) is -0.524. The monoisotopic (exact) mass is 314 g/mol. The Bertz CT molecular complexity index is 449. The standard InChI is InChI=1S/C12H15BrN2O3/c1-3-14-11(16)7-15-8-4-5-10(13)9(6-8)12(17)18-2/h4-6,15H,3,7H2,1-2H3,(H,14,16). The maximum Gasteiger partial charge on any atom is 0.339 e. The number of ether oxygens (including phenoxy) is 1. The highest BCUT2D eigenvalue weighted by molar-refractivity contribution is 9.10. The Balaban J connectivity index is 2.73. The van der Waals surface area contributed by atoms with Crippen molar-refractivity contribution in [1.82, 2.24) is 5.32 Å². The number of anilines is 1.